The van der Waals surface area contributed by atoms with Crippen LogP contribution in [0.4, 0.5) is 4.39 Å². The molecule has 1 aliphatic rings. The van der Waals surface area contributed by atoms with E-state index in [4.69, 9.17) is 4.42 Å². The molecule has 1 aromatic carbocycles. The predicted molar refractivity (Wildman–Crippen MR) is 101 cm³/mol. The van der Waals surface area contributed by atoms with Gasteiger partial charge in [0, 0.05) is 12.0 Å². The van der Waals surface area contributed by atoms with Gasteiger partial charge in [0.05, 0.1) is 17.5 Å². The maximum Gasteiger partial charge on any atom is 0.256 e. The maximum atomic E-state index is 13.4. The highest BCUT2D eigenvalue weighted by Gasteiger charge is 2.40. The summed E-state index contributed by atoms with van der Waals surface area (Å²) in [5.41, 5.74) is 1.98. The molecule has 1 N–H and O–H groups in total. The number of nitrogens with one attached hydrogen (secondary N) is 1. The number of carbonyl (C=O) groups excluding carboxylic acids is 1. The van der Waals surface area contributed by atoms with Crippen molar-refractivity contribution in [1.82, 2.24) is 15.3 Å². The van der Waals surface area contributed by atoms with Crippen molar-refractivity contribution in [2.24, 2.45) is 0 Å². The van der Waals surface area contributed by atoms with E-state index in [1.165, 1.54) is 23.9 Å². The molecule has 0 aliphatic heterocycles. The summed E-state index contributed by atoms with van der Waals surface area (Å²) in [6, 6.07) is 10.1. The topological polar surface area (TPSA) is 68.0 Å². The molecule has 0 radical (unpaired) electrons. The van der Waals surface area contributed by atoms with Crippen molar-refractivity contribution in [3.63, 3.8) is 0 Å². The average molecular weight is 383 g/mol. The number of aromatic nitrogens is 2. The second-order valence-electron chi connectivity index (χ2n) is 6.47. The summed E-state index contributed by atoms with van der Waals surface area (Å²) in [4.78, 5) is 21.7. The third-order valence-corrected chi connectivity index (χ3v) is 5.28. The Bertz CT molecular complexity index is 991. The van der Waals surface area contributed by atoms with Crippen molar-refractivity contribution >= 4 is 17.7 Å². The minimum Gasteiger partial charge on any atom is -0.461 e. The number of aryl methyl sites for hydroxylation is 1. The van der Waals surface area contributed by atoms with E-state index in [9.17, 15) is 9.18 Å². The average Bonchev–Trinajstić information content (AvgIpc) is 3.19. The molecule has 5 nitrogen and oxygen atoms in total. The second kappa shape index (κ2) is 7.15. The minimum absolute atomic E-state index is 0.00171. The van der Waals surface area contributed by atoms with Gasteiger partial charge in [-0.1, -0.05) is 12.1 Å². The van der Waals surface area contributed by atoms with Gasteiger partial charge in [-0.2, -0.15) is 0 Å². The van der Waals surface area contributed by atoms with Crippen LogP contribution in [0.1, 0.15) is 34.0 Å². The van der Waals surface area contributed by atoms with Crippen LogP contribution in [0.5, 0.6) is 0 Å². The molecule has 2 atom stereocenters. The highest BCUT2D eigenvalue weighted by molar-refractivity contribution is 7.98. The van der Waals surface area contributed by atoms with Crippen molar-refractivity contribution in [2.75, 3.05) is 6.26 Å². The molecule has 3 aromatic rings. The lowest BCUT2D eigenvalue weighted by atomic mass is 10.1. The fraction of sp³-hybridized carbons (Fsp3) is 0.250. The number of hydrogen-bond donors (Lipinski definition) is 1. The SMILES string of the molecule is CSc1nc(-c2ccco2)nc(C)c1C(=O)N[C@H]1C[C@@H]1c1cccc(F)c1. The molecule has 138 valence electrons. The smallest absolute Gasteiger partial charge is 0.256 e. The quantitative estimate of drug-likeness (QED) is 0.528. The van der Waals surface area contributed by atoms with Crippen LogP contribution >= 0.6 is 11.8 Å². The summed E-state index contributed by atoms with van der Waals surface area (Å²) < 4.78 is 18.8. The first-order valence-electron chi connectivity index (χ1n) is 8.59. The Hall–Kier alpha value is -2.67. The van der Waals surface area contributed by atoms with Gasteiger partial charge in [0.1, 0.15) is 10.8 Å². The van der Waals surface area contributed by atoms with Gasteiger partial charge in [-0.3, -0.25) is 4.79 Å². The van der Waals surface area contributed by atoms with Gasteiger partial charge in [-0.05, 0) is 49.4 Å². The summed E-state index contributed by atoms with van der Waals surface area (Å²) in [5, 5.41) is 3.64. The Kier molecular flexibility index (Phi) is 4.70. The monoisotopic (exact) mass is 383 g/mol. The van der Waals surface area contributed by atoms with Crippen molar-refractivity contribution in [2.45, 2.75) is 30.3 Å². The number of carbonyl (C=O) groups is 1. The standard InChI is InChI=1S/C20H18FN3O2S/c1-11-17(20(27-2)24-18(22-11)16-7-4-8-26-16)19(25)23-15-10-14(15)12-5-3-6-13(21)9-12/h3-9,14-15H,10H2,1-2H3,(H,23,25)/t14-,15+/m1/s1. The molecule has 0 saturated heterocycles. The molecule has 1 saturated carbocycles. The van der Waals surface area contributed by atoms with Crippen molar-refractivity contribution < 1.29 is 13.6 Å². The van der Waals surface area contributed by atoms with Crippen LogP contribution in [0.25, 0.3) is 11.6 Å². The summed E-state index contributed by atoms with van der Waals surface area (Å²) in [6.07, 6.45) is 4.23. The molecular formula is C20H18FN3O2S. The number of halogens is 1. The van der Waals surface area contributed by atoms with Gasteiger partial charge in [0.25, 0.3) is 5.91 Å². The first kappa shape index (κ1) is 17.7. The lowest BCUT2D eigenvalue weighted by Gasteiger charge is -2.11. The highest BCUT2D eigenvalue weighted by atomic mass is 32.2. The maximum absolute atomic E-state index is 13.4. The van der Waals surface area contributed by atoms with Gasteiger partial charge in [0.15, 0.2) is 11.6 Å². The third kappa shape index (κ3) is 3.60. The van der Waals surface area contributed by atoms with E-state index in [-0.39, 0.29) is 23.7 Å². The van der Waals surface area contributed by atoms with E-state index in [1.54, 1.807) is 31.4 Å². The first-order valence-corrected chi connectivity index (χ1v) is 9.82. The Morgan fingerprint density at radius 1 is 1.30 bits per heavy atom. The van der Waals surface area contributed by atoms with E-state index >= 15 is 0 Å². The van der Waals surface area contributed by atoms with Crippen molar-refractivity contribution in [1.29, 1.82) is 0 Å². The number of rotatable bonds is 5. The zero-order valence-electron chi connectivity index (χ0n) is 14.9. The molecule has 27 heavy (non-hydrogen) atoms. The number of amides is 1. The van der Waals surface area contributed by atoms with Gasteiger partial charge in [0.2, 0.25) is 0 Å². The number of hydrogen-bond acceptors (Lipinski definition) is 5. The summed E-state index contributed by atoms with van der Waals surface area (Å²) in [7, 11) is 0. The fourth-order valence-electron chi connectivity index (χ4n) is 3.17. The van der Waals surface area contributed by atoms with Crippen LogP contribution in [0.15, 0.2) is 52.1 Å². The fourth-order valence-corrected chi connectivity index (χ4v) is 3.79. The van der Waals surface area contributed by atoms with Crippen LogP contribution in [-0.2, 0) is 0 Å². The van der Waals surface area contributed by atoms with E-state index in [2.05, 4.69) is 15.3 Å². The second-order valence-corrected chi connectivity index (χ2v) is 7.27. The molecule has 7 heteroatoms. The van der Waals surface area contributed by atoms with Gasteiger partial charge >= 0.3 is 0 Å². The van der Waals surface area contributed by atoms with Gasteiger partial charge in [-0.15, -0.1) is 11.8 Å². The van der Waals surface area contributed by atoms with Crippen LogP contribution in [0, 0.1) is 12.7 Å². The Balaban J connectivity index is 1.54. The highest BCUT2D eigenvalue weighted by Crippen LogP contribution is 2.41. The molecule has 0 unspecified atom stereocenters. The molecule has 0 bridgehead atoms. The number of nitrogens with zero attached hydrogens (tertiary/aromatic N) is 2. The summed E-state index contributed by atoms with van der Waals surface area (Å²) in [5.74, 6) is 0.709. The van der Waals surface area contributed by atoms with Gasteiger partial charge in [-0.25, -0.2) is 14.4 Å². The molecule has 0 spiro atoms. The Morgan fingerprint density at radius 3 is 2.85 bits per heavy atom. The van der Waals surface area contributed by atoms with E-state index in [0.29, 0.717) is 27.9 Å². The van der Waals surface area contributed by atoms with Crippen molar-refractivity contribution in [3.8, 4) is 11.6 Å². The van der Waals surface area contributed by atoms with Crippen LogP contribution in [0.3, 0.4) is 0 Å². The number of benzene rings is 1. The molecule has 1 aliphatic carbocycles. The van der Waals surface area contributed by atoms with Crippen LogP contribution < -0.4 is 5.32 Å². The summed E-state index contributed by atoms with van der Waals surface area (Å²) >= 11 is 1.39. The van der Waals surface area contributed by atoms with E-state index in [1.807, 2.05) is 12.3 Å². The lowest BCUT2D eigenvalue weighted by molar-refractivity contribution is 0.0945. The van der Waals surface area contributed by atoms with Crippen LogP contribution in [0.2, 0.25) is 0 Å². The Labute approximate surface area is 160 Å². The zero-order valence-corrected chi connectivity index (χ0v) is 15.7. The van der Waals surface area contributed by atoms with E-state index < -0.39 is 0 Å². The molecule has 2 aromatic heterocycles. The molecule has 2 heterocycles. The lowest BCUT2D eigenvalue weighted by Crippen LogP contribution is -2.28. The van der Waals surface area contributed by atoms with E-state index in [0.717, 1.165) is 12.0 Å². The normalized spacial score (nSPS) is 18.3. The predicted octanol–water partition coefficient (Wildman–Crippen LogP) is 4.19. The molecule has 1 amide bonds. The molecule has 1 fully saturated rings. The zero-order chi connectivity index (χ0) is 19.0. The minimum atomic E-state index is -0.257. The third-order valence-electron chi connectivity index (χ3n) is 4.60. The first-order chi connectivity index (χ1) is 13.1. The molecule has 4 rings (SSSR count). The largest absolute Gasteiger partial charge is 0.461 e. The number of thioether (sulfide) groups is 1. The molecular weight excluding hydrogens is 365 g/mol. The Morgan fingerprint density at radius 2 is 2.15 bits per heavy atom. The van der Waals surface area contributed by atoms with Crippen molar-refractivity contribution in [3.05, 3.63) is 65.3 Å². The van der Waals surface area contributed by atoms with Gasteiger partial charge < -0.3 is 9.73 Å². The number of furan rings is 1. The van der Waals surface area contributed by atoms with Crippen LogP contribution in [-0.4, -0.2) is 28.2 Å². The summed E-state index contributed by atoms with van der Waals surface area (Å²) in [6.45, 7) is 1.79.